The highest BCUT2D eigenvalue weighted by Crippen LogP contribution is 2.40. The Morgan fingerprint density at radius 2 is 1.78 bits per heavy atom. The minimum absolute atomic E-state index is 0. The van der Waals surface area contributed by atoms with E-state index in [0.29, 0.717) is 12.2 Å². The largest absolute Gasteiger partial charge is 0.388 e. The summed E-state index contributed by atoms with van der Waals surface area (Å²) in [6.45, 7) is 4.10. The van der Waals surface area contributed by atoms with Gasteiger partial charge in [0.25, 0.3) is 5.91 Å². The molecule has 2 fully saturated rings. The second-order valence-electron chi connectivity index (χ2n) is 9.88. The molecule has 1 aliphatic carbocycles. The number of hydrogen-bond acceptors (Lipinski definition) is 4. The fourth-order valence-corrected chi connectivity index (χ4v) is 5.61. The minimum Gasteiger partial charge on any atom is -0.388 e. The maximum Gasteiger partial charge on any atom is 0.275 e. The van der Waals surface area contributed by atoms with Crippen molar-refractivity contribution >= 4 is 30.7 Å². The van der Waals surface area contributed by atoms with E-state index in [0.717, 1.165) is 56.5 Å². The summed E-state index contributed by atoms with van der Waals surface area (Å²) in [5.74, 6) is -0.0320. The molecule has 194 valence electrons. The van der Waals surface area contributed by atoms with Crippen LogP contribution in [0.2, 0.25) is 0 Å². The van der Waals surface area contributed by atoms with Crippen molar-refractivity contribution in [3.8, 4) is 11.3 Å². The Bertz CT molecular complexity index is 1120. The summed E-state index contributed by atoms with van der Waals surface area (Å²) < 4.78 is 2.07. The molecule has 0 spiro atoms. The van der Waals surface area contributed by atoms with E-state index in [2.05, 4.69) is 22.0 Å². The fraction of sp³-hybridized carbons (Fsp3) is 0.429. The van der Waals surface area contributed by atoms with E-state index >= 15 is 0 Å². The van der Waals surface area contributed by atoms with Crippen molar-refractivity contribution in [2.75, 3.05) is 19.6 Å². The molecular weight excluding hydrogens is 495 g/mol. The molecule has 1 saturated carbocycles. The van der Waals surface area contributed by atoms with Gasteiger partial charge in [-0.2, -0.15) is 0 Å². The first-order chi connectivity index (χ1) is 16.5. The van der Waals surface area contributed by atoms with Crippen molar-refractivity contribution in [2.24, 2.45) is 0 Å². The van der Waals surface area contributed by atoms with E-state index in [4.69, 9.17) is 4.98 Å². The SMILES string of the molecule is C[C@]1(O)CCCC[C@H]1n1cnc(C(=O)N2CCNC[C@H]2Cc2ccccc2)c1-c1ccccc1.Cl.Cl. The number of amides is 1. The Kier molecular flexibility index (Phi) is 9.59. The van der Waals surface area contributed by atoms with E-state index in [1.807, 2.05) is 60.4 Å². The lowest BCUT2D eigenvalue weighted by Crippen LogP contribution is -2.54. The molecule has 2 heterocycles. The van der Waals surface area contributed by atoms with Crippen molar-refractivity contribution in [1.82, 2.24) is 19.8 Å². The van der Waals surface area contributed by atoms with Crippen LogP contribution < -0.4 is 5.32 Å². The molecule has 1 aliphatic heterocycles. The molecule has 8 heteroatoms. The molecule has 1 saturated heterocycles. The van der Waals surface area contributed by atoms with Crippen molar-refractivity contribution in [3.05, 3.63) is 78.2 Å². The van der Waals surface area contributed by atoms with E-state index < -0.39 is 5.60 Å². The van der Waals surface area contributed by atoms with Gasteiger partial charge in [0.1, 0.15) is 0 Å². The highest BCUT2D eigenvalue weighted by atomic mass is 35.5. The summed E-state index contributed by atoms with van der Waals surface area (Å²) in [4.78, 5) is 20.7. The van der Waals surface area contributed by atoms with Gasteiger partial charge in [0, 0.05) is 31.2 Å². The van der Waals surface area contributed by atoms with Crippen LogP contribution in [0.1, 0.15) is 54.7 Å². The van der Waals surface area contributed by atoms with Crippen LogP contribution in [0, 0.1) is 0 Å². The topological polar surface area (TPSA) is 70.4 Å². The maximum atomic E-state index is 14.0. The van der Waals surface area contributed by atoms with Crippen LogP contribution in [0.3, 0.4) is 0 Å². The predicted molar refractivity (Wildman–Crippen MR) is 148 cm³/mol. The Morgan fingerprint density at radius 3 is 2.47 bits per heavy atom. The van der Waals surface area contributed by atoms with Crippen LogP contribution >= 0.6 is 24.8 Å². The number of nitrogens with zero attached hydrogens (tertiary/aromatic N) is 3. The standard InChI is InChI=1S/C28H34N4O2.2ClH/c1-28(34)15-9-8-14-24(28)32-20-30-25(26(32)22-12-6-3-7-13-22)27(33)31-17-16-29-19-23(31)18-21-10-4-2-5-11-21;;/h2-7,10-13,20,23-24,29,34H,8-9,14-19H2,1H3;2*1H/t23-,24-,28+;;/m1../s1. The molecule has 0 unspecified atom stereocenters. The van der Waals surface area contributed by atoms with Gasteiger partial charge in [-0.15, -0.1) is 24.8 Å². The highest BCUT2D eigenvalue weighted by molar-refractivity contribution is 5.98. The fourth-order valence-electron chi connectivity index (χ4n) is 5.61. The predicted octanol–water partition coefficient (Wildman–Crippen LogP) is 4.92. The molecule has 6 nitrogen and oxygen atoms in total. The van der Waals surface area contributed by atoms with Crippen LogP contribution in [0.4, 0.5) is 0 Å². The Morgan fingerprint density at radius 1 is 1.08 bits per heavy atom. The van der Waals surface area contributed by atoms with Crippen LogP contribution in [0.5, 0.6) is 0 Å². The number of halogens is 2. The average molecular weight is 532 g/mol. The maximum absolute atomic E-state index is 14.0. The molecule has 0 bridgehead atoms. The Labute approximate surface area is 225 Å². The molecule has 3 aromatic rings. The van der Waals surface area contributed by atoms with Crippen molar-refractivity contribution in [3.63, 3.8) is 0 Å². The number of carbonyl (C=O) groups is 1. The van der Waals surface area contributed by atoms with E-state index in [1.54, 1.807) is 6.33 Å². The number of imidazole rings is 1. The van der Waals surface area contributed by atoms with Crippen molar-refractivity contribution in [1.29, 1.82) is 0 Å². The molecule has 2 N–H and O–H groups in total. The third-order valence-electron chi connectivity index (χ3n) is 7.43. The normalized spacial score (nSPS) is 23.9. The molecule has 2 aromatic carbocycles. The lowest BCUT2D eigenvalue weighted by atomic mass is 9.81. The van der Waals surface area contributed by atoms with Crippen molar-refractivity contribution in [2.45, 2.75) is 56.7 Å². The monoisotopic (exact) mass is 530 g/mol. The first kappa shape index (κ1) is 28.2. The zero-order valence-corrected chi connectivity index (χ0v) is 22.3. The van der Waals surface area contributed by atoms with Gasteiger partial charge in [-0.1, -0.05) is 73.5 Å². The van der Waals surface area contributed by atoms with Gasteiger partial charge in [0.15, 0.2) is 5.69 Å². The lowest BCUT2D eigenvalue weighted by Gasteiger charge is -2.39. The molecule has 1 amide bonds. The molecule has 1 aromatic heterocycles. The van der Waals surface area contributed by atoms with Crippen molar-refractivity contribution < 1.29 is 9.90 Å². The zero-order valence-electron chi connectivity index (χ0n) is 20.7. The number of aromatic nitrogens is 2. The van der Waals surface area contributed by atoms with Crippen LogP contribution in [0.25, 0.3) is 11.3 Å². The molecule has 3 atom stereocenters. The van der Waals surface area contributed by atoms with Gasteiger partial charge in [0.2, 0.25) is 0 Å². The molecule has 2 aliphatic rings. The minimum atomic E-state index is -0.826. The van der Waals surface area contributed by atoms with Gasteiger partial charge in [-0.25, -0.2) is 4.98 Å². The molecule has 0 radical (unpaired) electrons. The Balaban J connectivity index is 0.00000180. The summed E-state index contributed by atoms with van der Waals surface area (Å²) in [5, 5.41) is 14.7. The summed E-state index contributed by atoms with van der Waals surface area (Å²) in [7, 11) is 0. The molecular formula is C28H36Cl2N4O2. The quantitative estimate of drug-likeness (QED) is 0.491. The van der Waals surface area contributed by atoms with Gasteiger partial charge in [0.05, 0.1) is 23.7 Å². The average Bonchev–Trinajstić information content (AvgIpc) is 3.29. The third-order valence-corrected chi connectivity index (χ3v) is 7.43. The highest BCUT2D eigenvalue weighted by Gasteiger charge is 2.39. The van der Waals surface area contributed by atoms with Gasteiger partial charge >= 0.3 is 0 Å². The number of carbonyl (C=O) groups excluding carboxylic acids is 1. The first-order valence-corrected chi connectivity index (χ1v) is 12.4. The molecule has 36 heavy (non-hydrogen) atoms. The third kappa shape index (κ3) is 5.78. The number of nitrogens with one attached hydrogen (secondary N) is 1. The second-order valence-corrected chi connectivity index (χ2v) is 9.88. The summed E-state index contributed by atoms with van der Waals surface area (Å²) in [6.07, 6.45) is 6.29. The van der Waals surface area contributed by atoms with E-state index in [-0.39, 0.29) is 42.8 Å². The zero-order chi connectivity index (χ0) is 23.5. The van der Waals surface area contributed by atoms with Crippen LogP contribution in [-0.4, -0.2) is 56.7 Å². The van der Waals surface area contributed by atoms with Crippen LogP contribution in [0.15, 0.2) is 67.0 Å². The van der Waals surface area contributed by atoms with E-state index in [9.17, 15) is 9.90 Å². The van der Waals surface area contributed by atoms with Crippen LogP contribution in [-0.2, 0) is 6.42 Å². The number of benzene rings is 2. The molecule has 5 rings (SSSR count). The van der Waals surface area contributed by atoms with Gasteiger partial charge < -0.3 is 19.9 Å². The second kappa shape index (κ2) is 12.2. The summed E-state index contributed by atoms with van der Waals surface area (Å²) >= 11 is 0. The summed E-state index contributed by atoms with van der Waals surface area (Å²) in [6, 6.07) is 20.3. The number of hydrogen-bond donors (Lipinski definition) is 2. The van der Waals surface area contributed by atoms with Gasteiger partial charge in [-0.05, 0) is 31.7 Å². The smallest absolute Gasteiger partial charge is 0.275 e. The lowest BCUT2D eigenvalue weighted by molar-refractivity contribution is -0.0243. The number of aliphatic hydroxyl groups is 1. The van der Waals surface area contributed by atoms with Gasteiger partial charge in [-0.3, -0.25) is 4.79 Å². The Hall–Kier alpha value is -2.38. The number of rotatable bonds is 5. The first-order valence-electron chi connectivity index (χ1n) is 12.4. The number of piperazine rings is 1. The summed E-state index contributed by atoms with van der Waals surface area (Å²) in [5.41, 5.74) is 2.65. The van der Waals surface area contributed by atoms with E-state index in [1.165, 1.54) is 5.56 Å².